The van der Waals surface area contributed by atoms with Gasteiger partial charge in [-0.25, -0.2) is 9.37 Å². The Kier molecular flexibility index (Phi) is 6.11. The number of fused-ring (bicyclic) bond motifs is 1. The van der Waals surface area contributed by atoms with E-state index in [1.807, 2.05) is 19.1 Å². The summed E-state index contributed by atoms with van der Waals surface area (Å²) in [6.45, 7) is 2.94. The molecule has 1 N–H and O–H groups in total. The number of hydrogen-bond donors (Lipinski definition) is 1. The molecule has 4 aromatic rings. The van der Waals surface area contributed by atoms with Gasteiger partial charge in [0.2, 0.25) is 5.91 Å². The number of hydrogen-bond acceptors (Lipinski definition) is 4. The van der Waals surface area contributed by atoms with Crippen molar-refractivity contribution in [2.45, 2.75) is 25.9 Å². The van der Waals surface area contributed by atoms with E-state index in [1.54, 1.807) is 16.6 Å². The van der Waals surface area contributed by atoms with Crippen LogP contribution in [0.15, 0.2) is 60.7 Å². The Hall–Kier alpha value is -3.95. The molecule has 0 radical (unpaired) electrons. The van der Waals surface area contributed by atoms with Crippen molar-refractivity contribution < 1.29 is 22.4 Å². The highest BCUT2D eigenvalue weighted by atomic mass is 19.4. The number of piperidine rings is 1. The highest BCUT2D eigenvalue weighted by molar-refractivity contribution is 5.93. The summed E-state index contributed by atoms with van der Waals surface area (Å²) in [6.07, 6.45) is -3.59. The number of carbonyl (C=O) groups is 1. The lowest BCUT2D eigenvalue weighted by Crippen LogP contribution is -2.39. The van der Waals surface area contributed by atoms with Crippen LogP contribution in [0.1, 0.15) is 24.1 Å². The maximum Gasteiger partial charge on any atom is 0.418 e. The highest BCUT2D eigenvalue weighted by Gasteiger charge is 2.34. The van der Waals surface area contributed by atoms with Crippen molar-refractivity contribution in [3.05, 3.63) is 77.7 Å². The van der Waals surface area contributed by atoms with E-state index in [2.05, 4.69) is 20.3 Å². The monoisotopic (exact) mass is 497 g/mol. The molecule has 0 unspecified atom stereocenters. The van der Waals surface area contributed by atoms with Gasteiger partial charge in [-0.2, -0.15) is 22.8 Å². The van der Waals surface area contributed by atoms with Crippen LogP contribution in [0.25, 0.3) is 16.9 Å². The van der Waals surface area contributed by atoms with Crippen molar-refractivity contribution in [1.82, 2.24) is 14.6 Å². The van der Waals surface area contributed by atoms with Crippen LogP contribution in [0.2, 0.25) is 0 Å². The van der Waals surface area contributed by atoms with Crippen LogP contribution < -0.4 is 10.2 Å². The number of halogens is 4. The Morgan fingerprint density at radius 3 is 2.42 bits per heavy atom. The molecule has 1 amide bonds. The fourth-order valence-electron chi connectivity index (χ4n) is 4.51. The SMILES string of the molecule is Cc1cc(N2CCC(C(=O)Nc3ccccc3C(F)(F)F)CC2)n2nc(-c3ccc(F)cc3)cc2n1. The zero-order valence-corrected chi connectivity index (χ0v) is 19.4. The van der Waals surface area contributed by atoms with Gasteiger partial charge in [-0.15, -0.1) is 0 Å². The van der Waals surface area contributed by atoms with Gasteiger partial charge in [-0.3, -0.25) is 4.79 Å². The fraction of sp³-hybridized carbons (Fsp3) is 0.269. The van der Waals surface area contributed by atoms with Crippen LogP contribution in [0.5, 0.6) is 0 Å². The number of amides is 1. The van der Waals surface area contributed by atoms with Gasteiger partial charge >= 0.3 is 6.18 Å². The molecular formula is C26H23F4N5O. The average molecular weight is 497 g/mol. The molecule has 0 aliphatic carbocycles. The minimum absolute atomic E-state index is 0.228. The van der Waals surface area contributed by atoms with E-state index in [0.717, 1.165) is 23.1 Å². The Morgan fingerprint density at radius 2 is 1.72 bits per heavy atom. The second-order valence-electron chi connectivity index (χ2n) is 8.86. The predicted molar refractivity (Wildman–Crippen MR) is 128 cm³/mol. The third-order valence-electron chi connectivity index (χ3n) is 6.36. The molecule has 0 atom stereocenters. The molecule has 10 heteroatoms. The summed E-state index contributed by atoms with van der Waals surface area (Å²) in [5.41, 5.74) is 1.78. The summed E-state index contributed by atoms with van der Waals surface area (Å²) >= 11 is 0. The third-order valence-corrected chi connectivity index (χ3v) is 6.36. The number of aryl methyl sites for hydroxylation is 1. The second-order valence-corrected chi connectivity index (χ2v) is 8.86. The first kappa shape index (κ1) is 23.8. The molecule has 2 aromatic heterocycles. The summed E-state index contributed by atoms with van der Waals surface area (Å²) in [5, 5.41) is 7.15. The van der Waals surface area contributed by atoms with Gasteiger partial charge in [0.25, 0.3) is 0 Å². The van der Waals surface area contributed by atoms with E-state index in [0.29, 0.717) is 37.3 Å². The number of nitrogens with zero attached hydrogens (tertiary/aromatic N) is 4. The molecule has 5 rings (SSSR count). The van der Waals surface area contributed by atoms with Crippen LogP contribution in [0, 0.1) is 18.7 Å². The molecular weight excluding hydrogens is 474 g/mol. The number of anilines is 2. The number of para-hydroxylation sites is 1. The Labute approximate surface area is 204 Å². The van der Waals surface area contributed by atoms with E-state index >= 15 is 0 Å². The van der Waals surface area contributed by atoms with Gasteiger partial charge in [0, 0.05) is 42.4 Å². The molecule has 6 nitrogen and oxygen atoms in total. The quantitative estimate of drug-likeness (QED) is 0.367. The van der Waals surface area contributed by atoms with Crippen LogP contribution in [0.4, 0.5) is 29.1 Å². The van der Waals surface area contributed by atoms with Crippen molar-refractivity contribution in [3.8, 4) is 11.3 Å². The van der Waals surface area contributed by atoms with Crippen molar-refractivity contribution in [3.63, 3.8) is 0 Å². The van der Waals surface area contributed by atoms with Gasteiger partial charge in [0.15, 0.2) is 5.65 Å². The zero-order valence-electron chi connectivity index (χ0n) is 19.4. The average Bonchev–Trinajstić information content (AvgIpc) is 3.27. The van der Waals surface area contributed by atoms with E-state index < -0.39 is 23.6 Å². The van der Waals surface area contributed by atoms with Gasteiger partial charge in [-0.1, -0.05) is 12.1 Å². The molecule has 2 aromatic carbocycles. The minimum Gasteiger partial charge on any atom is -0.356 e. The highest BCUT2D eigenvalue weighted by Crippen LogP contribution is 2.35. The Bertz CT molecular complexity index is 1410. The summed E-state index contributed by atoms with van der Waals surface area (Å²) in [5.74, 6) is -0.341. The summed E-state index contributed by atoms with van der Waals surface area (Å²) in [4.78, 5) is 19.4. The zero-order chi connectivity index (χ0) is 25.4. The lowest BCUT2D eigenvalue weighted by molar-refractivity contribution is -0.137. The van der Waals surface area contributed by atoms with Crippen LogP contribution in [0.3, 0.4) is 0 Å². The summed E-state index contributed by atoms with van der Waals surface area (Å²) in [6, 6.07) is 14.8. The van der Waals surface area contributed by atoms with Gasteiger partial charge in [-0.05, 0) is 56.2 Å². The van der Waals surface area contributed by atoms with Gasteiger partial charge in [0.05, 0.1) is 16.9 Å². The van der Waals surface area contributed by atoms with Crippen LogP contribution >= 0.6 is 0 Å². The van der Waals surface area contributed by atoms with Crippen molar-refractivity contribution >= 4 is 23.1 Å². The molecule has 1 fully saturated rings. The molecule has 0 spiro atoms. The van der Waals surface area contributed by atoms with Gasteiger partial charge in [0.1, 0.15) is 11.6 Å². The maximum atomic E-state index is 13.3. The second kappa shape index (κ2) is 9.25. The lowest BCUT2D eigenvalue weighted by Gasteiger charge is -2.33. The Balaban J connectivity index is 1.32. The first-order chi connectivity index (χ1) is 17.2. The van der Waals surface area contributed by atoms with E-state index in [4.69, 9.17) is 0 Å². The van der Waals surface area contributed by atoms with Crippen molar-refractivity contribution in [2.75, 3.05) is 23.3 Å². The van der Waals surface area contributed by atoms with E-state index in [1.165, 1.54) is 30.3 Å². The Morgan fingerprint density at radius 1 is 1.03 bits per heavy atom. The van der Waals surface area contributed by atoms with Gasteiger partial charge < -0.3 is 10.2 Å². The summed E-state index contributed by atoms with van der Waals surface area (Å²) < 4.78 is 54.9. The molecule has 0 saturated carbocycles. The number of aromatic nitrogens is 3. The topological polar surface area (TPSA) is 62.5 Å². The fourth-order valence-corrected chi connectivity index (χ4v) is 4.51. The predicted octanol–water partition coefficient (Wildman–Crippen LogP) is 5.72. The number of rotatable bonds is 4. The summed E-state index contributed by atoms with van der Waals surface area (Å²) in [7, 11) is 0. The molecule has 1 aliphatic rings. The molecule has 1 saturated heterocycles. The molecule has 3 heterocycles. The lowest BCUT2D eigenvalue weighted by atomic mass is 9.95. The minimum atomic E-state index is -4.55. The van der Waals surface area contributed by atoms with E-state index in [9.17, 15) is 22.4 Å². The van der Waals surface area contributed by atoms with E-state index in [-0.39, 0.29) is 11.5 Å². The standard InChI is InChI=1S/C26H23F4N5O/c1-16-14-24(35-23(31-16)15-22(33-35)17-6-8-19(27)9-7-17)34-12-10-18(11-13-34)25(36)32-21-5-3-2-4-20(21)26(28,29)30/h2-9,14-15,18H,10-13H2,1H3,(H,32,36). The number of nitrogens with one attached hydrogen (secondary N) is 1. The van der Waals surface area contributed by atoms with Crippen molar-refractivity contribution in [2.24, 2.45) is 5.92 Å². The number of benzene rings is 2. The number of alkyl halides is 3. The first-order valence-corrected chi connectivity index (χ1v) is 11.5. The smallest absolute Gasteiger partial charge is 0.356 e. The van der Waals surface area contributed by atoms with Crippen molar-refractivity contribution in [1.29, 1.82) is 0 Å². The number of carbonyl (C=O) groups excluding carboxylic acids is 1. The molecule has 186 valence electrons. The van der Waals surface area contributed by atoms with Crippen LogP contribution in [-0.2, 0) is 11.0 Å². The molecule has 0 bridgehead atoms. The van der Waals surface area contributed by atoms with Crippen LogP contribution in [-0.4, -0.2) is 33.6 Å². The largest absolute Gasteiger partial charge is 0.418 e. The first-order valence-electron chi connectivity index (χ1n) is 11.5. The molecule has 1 aliphatic heterocycles. The maximum absolute atomic E-state index is 13.3. The molecule has 36 heavy (non-hydrogen) atoms. The normalized spacial score (nSPS) is 14.9. The third kappa shape index (κ3) is 4.75.